The van der Waals surface area contributed by atoms with Crippen LogP contribution in [0.5, 0.6) is 0 Å². The lowest BCUT2D eigenvalue weighted by Gasteiger charge is -2.17. The fourth-order valence-corrected chi connectivity index (χ4v) is 2.04. The Morgan fingerprint density at radius 3 is 2.14 bits per heavy atom. The van der Waals surface area contributed by atoms with Gasteiger partial charge in [0, 0.05) is 7.11 Å². The first-order valence-corrected chi connectivity index (χ1v) is 4.88. The summed E-state index contributed by atoms with van der Waals surface area (Å²) < 4.78 is 5.07. The molecule has 78 valence electrons. The molecular weight excluding hydrogens is 174 g/mol. The van der Waals surface area contributed by atoms with E-state index in [-0.39, 0.29) is 6.04 Å². The van der Waals surface area contributed by atoms with Crippen LogP contribution in [0.2, 0.25) is 0 Å². The third kappa shape index (κ3) is 2.34. The van der Waals surface area contributed by atoms with E-state index in [4.69, 9.17) is 10.5 Å². The molecule has 0 aliphatic carbocycles. The van der Waals surface area contributed by atoms with Crippen molar-refractivity contribution in [3.05, 3.63) is 34.4 Å². The van der Waals surface area contributed by atoms with Crippen LogP contribution in [0.1, 0.15) is 28.3 Å². The summed E-state index contributed by atoms with van der Waals surface area (Å²) in [5.41, 5.74) is 11.1. The highest BCUT2D eigenvalue weighted by Crippen LogP contribution is 2.22. The monoisotopic (exact) mass is 193 g/mol. The Kier molecular flexibility index (Phi) is 3.67. The molecule has 0 unspecified atom stereocenters. The zero-order chi connectivity index (χ0) is 10.7. The molecule has 1 aromatic rings. The number of hydrogen-bond donors (Lipinski definition) is 1. The van der Waals surface area contributed by atoms with Gasteiger partial charge in [0.2, 0.25) is 0 Å². The molecule has 0 aliphatic heterocycles. The Balaban J connectivity index is 3.07. The predicted octanol–water partition coefficient (Wildman–Crippen LogP) is 2.26. The van der Waals surface area contributed by atoms with Crippen LogP contribution in [0.4, 0.5) is 0 Å². The third-order valence-corrected chi connectivity index (χ3v) is 2.46. The Labute approximate surface area is 86.1 Å². The summed E-state index contributed by atoms with van der Waals surface area (Å²) in [5, 5.41) is 0. The Morgan fingerprint density at radius 2 is 1.71 bits per heavy atom. The van der Waals surface area contributed by atoms with Gasteiger partial charge in [0.15, 0.2) is 0 Å². The second-order valence-electron chi connectivity index (χ2n) is 3.87. The van der Waals surface area contributed by atoms with Crippen LogP contribution >= 0.6 is 0 Å². The average Bonchev–Trinajstić information content (AvgIpc) is 2.01. The Morgan fingerprint density at radius 1 is 1.21 bits per heavy atom. The van der Waals surface area contributed by atoms with Crippen LogP contribution < -0.4 is 5.73 Å². The van der Waals surface area contributed by atoms with E-state index >= 15 is 0 Å². The zero-order valence-corrected chi connectivity index (χ0v) is 9.42. The zero-order valence-electron chi connectivity index (χ0n) is 9.42. The highest BCUT2D eigenvalue weighted by Gasteiger charge is 2.11. The van der Waals surface area contributed by atoms with Crippen LogP contribution in [0, 0.1) is 20.8 Å². The maximum Gasteiger partial charge on any atom is 0.0655 e. The summed E-state index contributed by atoms with van der Waals surface area (Å²) in [4.78, 5) is 0. The van der Waals surface area contributed by atoms with Crippen molar-refractivity contribution >= 4 is 0 Å². The molecule has 0 heterocycles. The van der Waals surface area contributed by atoms with Gasteiger partial charge in [-0.3, -0.25) is 0 Å². The number of hydrogen-bond acceptors (Lipinski definition) is 2. The highest BCUT2D eigenvalue weighted by molar-refractivity contribution is 5.39. The minimum absolute atomic E-state index is 0.0133. The van der Waals surface area contributed by atoms with E-state index in [9.17, 15) is 0 Å². The fraction of sp³-hybridized carbons (Fsp3) is 0.500. The van der Waals surface area contributed by atoms with Crippen LogP contribution in [-0.2, 0) is 4.74 Å². The first kappa shape index (κ1) is 11.2. The highest BCUT2D eigenvalue weighted by atomic mass is 16.5. The molecular formula is C12H19NO. The van der Waals surface area contributed by atoms with Gasteiger partial charge in [0.1, 0.15) is 0 Å². The smallest absolute Gasteiger partial charge is 0.0655 e. The van der Waals surface area contributed by atoms with E-state index < -0.39 is 0 Å². The number of rotatable bonds is 3. The van der Waals surface area contributed by atoms with Crippen molar-refractivity contribution in [2.24, 2.45) is 5.73 Å². The van der Waals surface area contributed by atoms with Crippen molar-refractivity contribution < 1.29 is 4.74 Å². The molecule has 1 atom stereocenters. The fourth-order valence-electron chi connectivity index (χ4n) is 2.04. The van der Waals surface area contributed by atoms with Gasteiger partial charge in [-0.25, -0.2) is 0 Å². The lowest BCUT2D eigenvalue weighted by Crippen LogP contribution is -2.18. The van der Waals surface area contributed by atoms with Gasteiger partial charge in [-0.15, -0.1) is 0 Å². The molecule has 0 aliphatic rings. The van der Waals surface area contributed by atoms with E-state index in [1.165, 1.54) is 22.3 Å². The van der Waals surface area contributed by atoms with Crippen molar-refractivity contribution in [3.63, 3.8) is 0 Å². The van der Waals surface area contributed by atoms with E-state index in [0.717, 1.165) is 0 Å². The molecule has 1 aromatic carbocycles. The minimum atomic E-state index is -0.0133. The second kappa shape index (κ2) is 4.58. The van der Waals surface area contributed by atoms with Crippen molar-refractivity contribution in [1.29, 1.82) is 0 Å². The van der Waals surface area contributed by atoms with Crippen molar-refractivity contribution in [1.82, 2.24) is 0 Å². The lowest BCUT2D eigenvalue weighted by molar-refractivity contribution is 0.180. The summed E-state index contributed by atoms with van der Waals surface area (Å²) in [5.74, 6) is 0. The summed E-state index contributed by atoms with van der Waals surface area (Å²) in [7, 11) is 1.68. The average molecular weight is 193 g/mol. The van der Waals surface area contributed by atoms with E-state index in [1.807, 2.05) is 0 Å². The molecule has 0 amide bonds. The van der Waals surface area contributed by atoms with Crippen LogP contribution in [0.3, 0.4) is 0 Å². The van der Waals surface area contributed by atoms with E-state index in [0.29, 0.717) is 6.61 Å². The molecule has 0 fully saturated rings. The first-order chi connectivity index (χ1) is 6.56. The summed E-state index contributed by atoms with van der Waals surface area (Å²) in [6.45, 7) is 6.88. The predicted molar refractivity (Wildman–Crippen MR) is 59.5 cm³/mol. The van der Waals surface area contributed by atoms with Crippen LogP contribution in [0.25, 0.3) is 0 Å². The molecule has 0 aromatic heterocycles. The molecule has 2 nitrogen and oxygen atoms in total. The largest absolute Gasteiger partial charge is 0.383 e. The molecule has 2 N–H and O–H groups in total. The van der Waals surface area contributed by atoms with Gasteiger partial charge in [0.05, 0.1) is 12.6 Å². The third-order valence-electron chi connectivity index (χ3n) is 2.46. The Hall–Kier alpha value is -0.860. The number of ether oxygens (including phenoxy) is 1. The van der Waals surface area contributed by atoms with Crippen molar-refractivity contribution in [3.8, 4) is 0 Å². The SMILES string of the molecule is COC[C@@H](N)c1c(C)cc(C)cc1C. The molecule has 0 radical (unpaired) electrons. The van der Waals surface area contributed by atoms with Crippen LogP contribution in [-0.4, -0.2) is 13.7 Å². The number of benzene rings is 1. The van der Waals surface area contributed by atoms with E-state index in [1.54, 1.807) is 7.11 Å². The Bertz CT molecular complexity index is 297. The van der Waals surface area contributed by atoms with Gasteiger partial charge in [-0.05, 0) is 37.5 Å². The van der Waals surface area contributed by atoms with Gasteiger partial charge >= 0.3 is 0 Å². The van der Waals surface area contributed by atoms with Gasteiger partial charge in [0.25, 0.3) is 0 Å². The number of methoxy groups -OCH3 is 1. The van der Waals surface area contributed by atoms with E-state index in [2.05, 4.69) is 32.9 Å². The molecule has 0 saturated carbocycles. The normalized spacial score (nSPS) is 12.9. The lowest BCUT2D eigenvalue weighted by atomic mass is 9.95. The second-order valence-corrected chi connectivity index (χ2v) is 3.87. The number of nitrogens with two attached hydrogens (primary N) is 1. The minimum Gasteiger partial charge on any atom is -0.383 e. The number of aryl methyl sites for hydroxylation is 3. The molecule has 0 saturated heterocycles. The van der Waals surface area contributed by atoms with Crippen molar-refractivity contribution in [2.75, 3.05) is 13.7 Å². The summed E-state index contributed by atoms with van der Waals surface area (Å²) in [6, 6.07) is 4.32. The maximum atomic E-state index is 6.03. The molecule has 0 spiro atoms. The molecule has 0 bridgehead atoms. The molecule has 1 rings (SSSR count). The standard InChI is InChI=1S/C12H19NO/c1-8-5-9(2)12(10(3)6-8)11(13)7-14-4/h5-6,11H,7,13H2,1-4H3/t11-/m1/s1. The summed E-state index contributed by atoms with van der Waals surface area (Å²) in [6.07, 6.45) is 0. The summed E-state index contributed by atoms with van der Waals surface area (Å²) >= 11 is 0. The van der Waals surface area contributed by atoms with Crippen LogP contribution in [0.15, 0.2) is 12.1 Å². The molecule has 14 heavy (non-hydrogen) atoms. The topological polar surface area (TPSA) is 35.2 Å². The van der Waals surface area contributed by atoms with Crippen molar-refractivity contribution in [2.45, 2.75) is 26.8 Å². The molecule has 2 heteroatoms. The van der Waals surface area contributed by atoms with Gasteiger partial charge < -0.3 is 10.5 Å². The first-order valence-electron chi connectivity index (χ1n) is 4.88. The van der Waals surface area contributed by atoms with Gasteiger partial charge in [-0.1, -0.05) is 17.7 Å². The maximum absolute atomic E-state index is 6.03. The quantitative estimate of drug-likeness (QED) is 0.799. The van der Waals surface area contributed by atoms with Gasteiger partial charge in [-0.2, -0.15) is 0 Å².